The number of carbonyl (C=O) groups is 1. The second kappa shape index (κ2) is 16.4. The maximum Gasteiger partial charge on any atom is 0.246 e. The number of hydrogen-bond acceptors (Lipinski definition) is 5. The van der Waals surface area contributed by atoms with Crippen molar-refractivity contribution in [1.29, 1.82) is 0 Å². The van der Waals surface area contributed by atoms with Crippen molar-refractivity contribution in [2.75, 3.05) is 20.8 Å². The molecule has 1 rings (SSSR count). The van der Waals surface area contributed by atoms with Crippen molar-refractivity contribution in [3.05, 3.63) is 48.6 Å². The summed E-state index contributed by atoms with van der Waals surface area (Å²) < 4.78 is 18.6. The zero-order valence-electron chi connectivity index (χ0n) is 25.0. The lowest BCUT2D eigenvalue weighted by molar-refractivity contribution is -0.176. The molecule has 0 spiro atoms. The summed E-state index contributed by atoms with van der Waals surface area (Å²) in [6.45, 7) is 17.9. The zero-order valence-corrected chi connectivity index (χ0v) is 26.0. The van der Waals surface area contributed by atoms with Gasteiger partial charge >= 0.3 is 0 Å². The minimum Gasteiger partial charge on any atom is -0.410 e. The van der Waals surface area contributed by atoms with Gasteiger partial charge in [-0.1, -0.05) is 76.3 Å². The Bertz CT molecular complexity index is 783. The highest BCUT2D eigenvalue weighted by molar-refractivity contribution is 6.74. The van der Waals surface area contributed by atoms with E-state index >= 15 is 0 Å². The van der Waals surface area contributed by atoms with Crippen LogP contribution in [0.3, 0.4) is 0 Å². The van der Waals surface area contributed by atoms with Crippen LogP contribution in [0.2, 0.25) is 18.1 Å². The summed E-state index contributed by atoms with van der Waals surface area (Å²) in [6, 6.07) is 0. The fourth-order valence-corrected chi connectivity index (χ4v) is 5.20. The minimum atomic E-state index is -1.97. The number of hydroxylamine groups is 2. The number of hydrogen-bond donors (Lipinski definition) is 0. The van der Waals surface area contributed by atoms with Gasteiger partial charge < -0.3 is 13.9 Å². The highest BCUT2D eigenvalue weighted by Crippen LogP contribution is 2.38. The van der Waals surface area contributed by atoms with Crippen LogP contribution < -0.4 is 0 Å². The molecule has 0 heterocycles. The molecule has 0 bridgehead atoms. The predicted octanol–water partition coefficient (Wildman–Crippen LogP) is 7.22. The minimum absolute atomic E-state index is 0.0268. The summed E-state index contributed by atoms with van der Waals surface area (Å²) in [6.07, 6.45) is 19.9. The van der Waals surface area contributed by atoms with E-state index in [2.05, 4.69) is 89.4 Å². The topological polar surface area (TPSA) is 57.2 Å². The number of ether oxygens (including phenoxy) is 2. The Hall–Kier alpha value is -1.51. The highest BCUT2D eigenvalue weighted by Gasteiger charge is 2.39. The zero-order chi connectivity index (χ0) is 28.1. The average molecular weight is 536 g/mol. The third kappa shape index (κ3) is 11.8. The van der Waals surface area contributed by atoms with Crippen molar-refractivity contribution in [2.45, 2.75) is 104 Å². The number of nitrogens with zero attached hydrogens (tertiary/aromatic N) is 1. The SMILES string of the molecule is CC/C=C\C/C=C\C[C@@H](/C=C/[C@H]1C=C[C@@H](OC(C)OCC)[C@H]1CC(=O)N(C)OC)O[Si](C)(C)C(C)(C)C. The molecule has 212 valence electrons. The molecule has 0 aromatic rings. The number of allylic oxidation sites excluding steroid dienone is 5. The number of amides is 1. The van der Waals surface area contributed by atoms with Gasteiger partial charge in [-0.2, -0.15) is 0 Å². The standard InChI is InChI=1S/C30H53NO5Si/c1-11-13-14-15-16-17-18-26(36-37(9,10)30(4,5)6)21-19-25-20-22-28(35-24(3)34-12-2)27(25)23-29(32)31(7)33-8/h13-14,16-17,19-22,24-28H,11-12,15,18,23H2,1-10H3/b14-13-,17-16-,21-19+/t24?,25-,26-,27-,28+/m0/s1. The molecule has 0 aromatic heterocycles. The van der Waals surface area contributed by atoms with Crippen molar-refractivity contribution >= 4 is 14.2 Å². The largest absolute Gasteiger partial charge is 0.410 e. The molecule has 1 amide bonds. The lowest BCUT2D eigenvalue weighted by atomic mass is 9.89. The number of rotatable bonds is 16. The monoisotopic (exact) mass is 535 g/mol. The maximum absolute atomic E-state index is 12.7. The third-order valence-electron chi connectivity index (χ3n) is 7.23. The van der Waals surface area contributed by atoms with Crippen LogP contribution in [0.5, 0.6) is 0 Å². The number of carbonyl (C=O) groups excluding carboxylic acids is 1. The molecule has 0 radical (unpaired) electrons. The van der Waals surface area contributed by atoms with Gasteiger partial charge in [0.25, 0.3) is 0 Å². The van der Waals surface area contributed by atoms with Crippen molar-refractivity contribution in [1.82, 2.24) is 5.06 Å². The highest BCUT2D eigenvalue weighted by atomic mass is 28.4. The van der Waals surface area contributed by atoms with Gasteiger partial charge in [-0.05, 0) is 51.2 Å². The van der Waals surface area contributed by atoms with Gasteiger partial charge in [0, 0.05) is 31.9 Å². The quantitative estimate of drug-likeness (QED) is 0.0904. The van der Waals surface area contributed by atoms with Gasteiger partial charge in [0.15, 0.2) is 14.6 Å². The lowest BCUT2D eigenvalue weighted by Gasteiger charge is -2.38. The van der Waals surface area contributed by atoms with Crippen LogP contribution in [0, 0.1) is 11.8 Å². The summed E-state index contributed by atoms with van der Waals surface area (Å²) in [4.78, 5) is 17.9. The Labute approximate surface area is 227 Å². The summed E-state index contributed by atoms with van der Waals surface area (Å²) in [5, 5.41) is 1.40. The second-order valence-electron chi connectivity index (χ2n) is 11.2. The molecule has 0 aliphatic heterocycles. The van der Waals surface area contributed by atoms with E-state index in [9.17, 15) is 4.79 Å². The Kier molecular flexibility index (Phi) is 14.9. The van der Waals surface area contributed by atoms with Crippen molar-refractivity contribution in [3.8, 4) is 0 Å². The molecule has 7 heteroatoms. The Morgan fingerprint density at radius 2 is 1.78 bits per heavy atom. The second-order valence-corrected chi connectivity index (χ2v) is 15.9. The Morgan fingerprint density at radius 3 is 2.38 bits per heavy atom. The van der Waals surface area contributed by atoms with E-state index in [1.807, 2.05) is 13.8 Å². The molecular formula is C30H53NO5Si. The van der Waals surface area contributed by atoms with Crippen LogP contribution in [0.15, 0.2) is 48.6 Å². The molecule has 1 unspecified atom stereocenters. The van der Waals surface area contributed by atoms with E-state index in [1.54, 1.807) is 7.05 Å². The first-order valence-corrected chi connectivity index (χ1v) is 16.7. The molecule has 6 nitrogen and oxygen atoms in total. The van der Waals surface area contributed by atoms with Crippen LogP contribution in [0.25, 0.3) is 0 Å². The molecular weight excluding hydrogens is 482 g/mol. The molecule has 0 saturated heterocycles. The van der Waals surface area contributed by atoms with E-state index in [4.69, 9.17) is 18.7 Å². The van der Waals surface area contributed by atoms with Gasteiger partial charge in [-0.3, -0.25) is 9.63 Å². The molecule has 1 aliphatic carbocycles. The summed E-state index contributed by atoms with van der Waals surface area (Å²) in [7, 11) is 1.17. The molecule has 37 heavy (non-hydrogen) atoms. The first kappa shape index (κ1) is 33.5. The molecule has 5 atom stereocenters. The predicted molar refractivity (Wildman–Crippen MR) is 155 cm³/mol. The summed E-state index contributed by atoms with van der Waals surface area (Å²) in [5.74, 6) is -0.0769. The van der Waals surface area contributed by atoms with Gasteiger partial charge in [0.2, 0.25) is 5.91 Å². The Morgan fingerprint density at radius 1 is 1.11 bits per heavy atom. The molecule has 0 N–H and O–H groups in total. The van der Waals surface area contributed by atoms with E-state index in [0.717, 1.165) is 19.3 Å². The van der Waals surface area contributed by atoms with Crippen molar-refractivity contribution in [3.63, 3.8) is 0 Å². The first-order valence-electron chi connectivity index (χ1n) is 13.8. The van der Waals surface area contributed by atoms with Crippen LogP contribution in [-0.2, 0) is 23.5 Å². The molecule has 0 aromatic carbocycles. The molecule has 0 saturated carbocycles. The normalized spacial score (nSPS) is 22.5. The van der Waals surface area contributed by atoms with Crippen LogP contribution in [-0.4, -0.2) is 58.6 Å². The van der Waals surface area contributed by atoms with E-state index in [-0.39, 0.29) is 41.3 Å². The molecule has 1 aliphatic rings. The van der Waals surface area contributed by atoms with E-state index < -0.39 is 8.32 Å². The van der Waals surface area contributed by atoms with Crippen molar-refractivity contribution < 1.29 is 23.5 Å². The summed E-state index contributed by atoms with van der Waals surface area (Å²) >= 11 is 0. The van der Waals surface area contributed by atoms with Crippen molar-refractivity contribution in [2.24, 2.45) is 11.8 Å². The maximum atomic E-state index is 12.7. The van der Waals surface area contributed by atoms with Gasteiger partial charge in [-0.15, -0.1) is 0 Å². The molecule has 0 fully saturated rings. The van der Waals surface area contributed by atoms with Crippen LogP contribution in [0.4, 0.5) is 0 Å². The fourth-order valence-electron chi connectivity index (χ4n) is 3.92. The summed E-state index contributed by atoms with van der Waals surface area (Å²) in [5.41, 5.74) is 0. The first-order chi connectivity index (χ1) is 17.4. The van der Waals surface area contributed by atoms with Crippen LogP contribution in [0.1, 0.15) is 67.2 Å². The van der Waals surface area contributed by atoms with Gasteiger partial charge in [0.05, 0.1) is 19.3 Å². The Balaban J connectivity index is 3.11. The average Bonchev–Trinajstić information content (AvgIpc) is 3.18. The van der Waals surface area contributed by atoms with Gasteiger partial charge in [-0.25, -0.2) is 5.06 Å². The lowest BCUT2D eigenvalue weighted by Crippen LogP contribution is -2.43. The van der Waals surface area contributed by atoms with Crippen LogP contribution >= 0.6 is 0 Å². The van der Waals surface area contributed by atoms with E-state index in [0.29, 0.717) is 13.0 Å². The van der Waals surface area contributed by atoms with Gasteiger partial charge in [0.1, 0.15) is 0 Å². The smallest absolute Gasteiger partial charge is 0.246 e. The fraction of sp³-hybridized carbons (Fsp3) is 0.700. The van der Waals surface area contributed by atoms with E-state index in [1.165, 1.54) is 12.2 Å². The third-order valence-corrected chi connectivity index (χ3v) is 11.7.